The Bertz CT molecular complexity index is 639. The van der Waals surface area contributed by atoms with Gasteiger partial charge in [-0.25, -0.2) is 8.78 Å². The van der Waals surface area contributed by atoms with Gasteiger partial charge in [-0.05, 0) is 44.4 Å². The number of aliphatic hydroxyl groups is 1. The number of aliphatic hydroxyl groups excluding tert-OH is 1. The lowest BCUT2D eigenvalue weighted by Gasteiger charge is -2.56. The van der Waals surface area contributed by atoms with Gasteiger partial charge in [0, 0.05) is 31.5 Å². The minimum Gasteiger partial charge on any atom is -0.392 e. The van der Waals surface area contributed by atoms with Crippen molar-refractivity contribution < 1.29 is 23.4 Å². The van der Waals surface area contributed by atoms with E-state index >= 15 is 0 Å². The molecule has 2 unspecified atom stereocenters. The molecule has 0 radical (unpaired) electrons. The van der Waals surface area contributed by atoms with E-state index in [0.29, 0.717) is 39.0 Å². The molecule has 1 saturated heterocycles. The van der Waals surface area contributed by atoms with Gasteiger partial charge in [0.05, 0.1) is 17.8 Å². The first kappa shape index (κ1) is 17.3. The number of likely N-dealkylation sites (tertiary alicyclic amines) is 1. The van der Waals surface area contributed by atoms with Crippen molar-refractivity contribution >= 4 is 5.91 Å². The van der Waals surface area contributed by atoms with Crippen LogP contribution in [-0.4, -0.2) is 47.8 Å². The van der Waals surface area contributed by atoms with Crippen LogP contribution in [0.15, 0.2) is 12.1 Å². The number of aryl methyl sites for hydroxylation is 1. The molecule has 1 aromatic rings. The predicted molar refractivity (Wildman–Crippen MR) is 84.7 cm³/mol. The Morgan fingerprint density at radius 2 is 2.00 bits per heavy atom. The van der Waals surface area contributed by atoms with Crippen molar-refractivity contribution in [3.05, 3.63) is 34.9 Å². The van der Waals surface area contributed by atoms with Gasteiger partial charge in [-0.1, -0.05) is 0 Å². The van der Waals surface area contributed by atoms with Crippen LogP contribution in [0.25, 0.3) is 0 Å². The van der Waals surface area contributed by atoms with E-state index in [2.05, 4.69) is 0 Å². The van der Waals surface area contributed by atoms with Crippen molar-refractivity contribution in [2.24, 2.45) is 5.41 Å². The number of rotatable bonds is 3. The molecule has 132 valence electrons. The number of hydrogen-bond donors (Lipinski definition) is 1. The monoisotopic (exact) mass is 339 g/mol. The van der Waals surface area contributed by atoms with Crippen LogP contribution in [-0.2, 0) is 4.74 Å². The van der Waals surface area contributed by atoms with Gasteiger partial charge in [0.2, 0.25) is 0 Å². The second-order valence-electron chi connectivity index (χ2n) is 6.80. The highest BCUT2D eigenvalue weighted by atomic mass is 19.1. The Morgan fingerprint density at radius 1 is 1.33 bits per heavy atom. The van der Waals surface area contributed by atoms with E-state index in [-0.39, 0.29) is 22.6 Å². The first-order chi connectivity index (χ1) is 11.4. The number of piperidine rings is 1. The summed E-state index contributed by atoms with van der Waals surface area (Å²) in [7, 11) is 0. The molecular formula is C18H23F2NO3. The van der Waals surface area contributed by atoms with Gasteiger partial charge in [-0.3, -0.25) is 4.79 Å². The molecular weight excluding hydrogens is 316 g/mol. The van der Waals surface area contributed by atoms with E-state index in [1.165, 1.54) is 11.8 Å². The van der Waals surface area contributed by atoms with E-state index in [1.807, 2.05) is 6.92 Å². The number of carbonyl (C=O) groups excluding carboxylic acids is 1. The maximum atomic E-state index is 14.0. The third-order valence-electron chi connectivity index (χ3n) is 5.57. The number of benzene rings is 1. The molecule has 1 heterocycles. The summed E-state index contributed by atoms with van der Waals surface area (Å²) in [6.45, 7) is 4.80. The number of hydrogen-bond acceptors (Lipinski definition) is 3. The Hall–Kier alpha value is -1.53. The van der Waals surface area contributed by atoms with Crippen LogP contribution >= 0.6 is 0 Å². The predicted octanol–water partition coefficient (Wildman–Crippen LogP) is 2.67. The highest BCUT2D eigenvalue weighted by Crippen LogP contribution is 2.51. The van der Waals surface area contributed by atoms with Gasteiger partial charge in [-0.2, -0.15) is 0 Å². The molecule has 1 aromatic carbocycles. The zero-order valence-corrected chi connectivity index (χ0v) is 14.0. The van der Waals surface area contributed by atoms with Gasteiger partial charge in [0.1, 0.15) is 11.6 Å². The summed E-state index contributed by atoms with van der Waals surface area (Å²) in [6.07, 6.45) is 1.45. The lowest BCUT2D eigenvalue weighted by molar-refractivity contribution is -0.207. The zero-order chi connectivity index (χ0) is 17.5. The summed E-state index contributed by atoms with van der Waals surface area (Å²) < 4.78 is 33.4. The van der Waals surface area contributed by atoms with E-state index in [1.54, 1.807) is 0 Å². The summed E-state index contributed by atoms with van der Waals surface area (Å²) in [6, 6.07) is 2.02. The van der Waals surface area contributed by atoms with E-state index in [9.17, 15) is 18.7 Å². The van der Waals surface area contributed by atoms with E-state index < -0.39 is 23.6 Å². The van der Waals surface area contributed by atoms with Gasteiger partial charge in [0.25, 0.3) is 5.91 Å². The number of ether oxygens (including phenoxy) is 1. The Labute approximate surface area is 140 Å². The summed E-state index contributed by atoms with van der Waals surface area (Å²) in [5.41, 5.74) is -0.354. The lowest BCUT2D eigenvalue weighted by Crippen LogP contribution is -2.62. The topological polar surface area (TPSA) is 49.8 Å². The molecule has 0 bridgehead atoms. The van der Waals surface area contributed by atoms with E-state index in [4.69, 9.17) is 4.74 Å². The molecule has 1 aliphatic heterocycles. The number of halogens is 2. The van der Waals surface area contributed by atoms with Crippen LogP contribution in [0.2, 0.25) is 0 Å². The summed E-state index contributed by atoms with van der Waals surface area (Å²) in [5, 5.41) is 10.2. The number of nitrogens with zero attached hydrogens (tertiary/aromatic N) is 1. The third kappa shape index (κ3) is 2.71. The van der Waals surface area contributed by atoms with Gasteiger partial charge < -0.3 is 14.7 Å². The standard InChI is InChI=1S/C18H23F2NO3/c1-3-24-16-10-15(22)18(16)4-6-21(7-5-18)17(23)12-9-13(19)11(2)8-14(12)20/h8-9,15-16,22H,3-7,10H2,1-2H3. The molecule has 2 aliphatic rings. The van der Waals surface area contributed by atoms with Crippen molar-refractivity contribution in [1.82, 2.24) is 4.90 Å². The van der Waals surface area contributed by atoms with Crippen LogP contribution in [0.4, 0.5) is 8.78 Å². The fourth-order valence-corrected chi connectivity index (χ4v) is 3.92. The summed E-state index contributed by atoms with van der Waals surface area (Å²) >= 11 is 0. The summed E-state index contributed by atoms with van der Waals surface area (Å²) in [4.78, 5) is 14.0. The van der Waals surface area contributed by atoms with Crippen LogP contribution < -0.4 is 0 Å². The molecule has 1 aliphatic carbocycles. The van der Waals surface area contributed by atoms with Crippen molar-refractivity contribution in [2.45, 2.75) is 45.3 Å². The van der Waals surface area contributed by atoms with Crippen LogP contribution in [0.5, 0.6) is 0 Å². The molecule has 1 saturated carbocycles. The quantitative estimate of drug-likeness (QED) is 0.921. The van der Waals surface area contributed by atoms with E-state index in [0.717, 1.165) is 12.1 Å². The van der Waals surface area contributed by atoms with Gasteiger partial charge in [0.15, 0.2) is 0 Å². The molecule has 1 amide bonds. The number of amides is 1. The van der Waals surface area contributed by atoms with Crippen LogP contribution in [0.1, 0.15) is 42.1 Å². The molecule has 1 N–H and O–H groups in total. The van der Waals surface area contributed by atoms with Crippen molar-refractivity contribution in [3.8, 4) is 0 Å². The molecule has 2 atom stereocenters. The Morgan fingerprint density at radius 3 is 2.58 bits per heavy atom. The van der Waals surface area contributed by atoms with Crippen molar-refractivity contribution in [2.75, 3.05) is 19.7 Å². The highest BCUT2D eigenvalue weighted by Gasteiger charge is 2.56. The second kappa shape index (κ2) is 6.41. The average Bonchev–Trinajstić information content (AvgIpc) is 2.57. The maximum Gasteiger partial charge on any atom is 0.256 e. The minimum atomic E-state index is -0.699. The minimum absolute atomic E-state index is 0.0170. The molecule has 1 spiro atoms. The maximum absolute atomic E-state index is 14.0. The summed E-state index contributed by atoms with van der Waals surface area (Å²) in [5.74, 6) is -1.78. The zero-order valence-electron chi connectivity index (χ0n) is 14.0. The molecule has 0 aromatic heterocycles. The second-order valence-corrected chi connectivity index (χ2v) is 6.80. The normalized spacial score (nSPS) is 25.6. The average molecular weight is 339 g/mol. The first-order valence-electron chi connectivity index (χ1n) is 8.43. The fourth-order valence-electron chi connectivity index (χ4n) is 3.92. The molecule has 3 rings (SSSR count). The molecule has 6 heteroatoms. The number of carbonyl (C=O) groups is 1. The van der Waals surface area contributed by atoms with Crippen LogP contribution in [0.3, 0.4) is 0 Å². The van der Waals surface area contributed by atoms with Crippen molar-refractivity contribution in [1.29, 1.82) is 0 Å². The lowest BCUT2D eigenvalue weighted by atomic mass is 9.58. The van der Waals surface area contributed by atoms with Gasteiger partial charge in [-0.15, -0.1) is 0 Å². The molecule has 2 fully saturated rings. The van der Waals surface area contributed by atoms with Gasteiger partial charge >= 0.3 is 0 Å². The Balaban J connectivity index is 1.71. The third-order valence-corrected chi connectivity index (χ3v) is 5.57. The van der Waals surface area contributed by atoms with Crippen molar-refractivity contribution in [3.63, 3.8) is 0 Å². The first-order valence-corrected chi connectivity index (χ1v) is 8.43. The Kier molecular flexibility index (Phi) is 4.62. The van der Waals surface area contributed by atoms with Crippen LogP contribution in [0, 0.1) is 24.0 Å². The highest BCUT2D eigenvalue weighted by molar-refractivity contribution is 5.94. The molecule has 24 heavy (non-hydrogen) atoms. The smallest absolute Gasteiger partial charge is 0.256 e. The largest absolute Gasteiger partial charge is 0.392 e. The fraction of sp³-hybridized carbons (Fsp3) is 0.611. The SMILES string of the molecule is CCOC1CC(O)C12CCN(C(=O)c1cc(F)c(C)cc1F)CC2. The molecule has 4 nitrogen and oxygen atoms in total.